The predicted octanol–water partition coefficient (Wildman–Crippen LogP) is 3.46. The molecular weight excluding hydrogens is 470 g/mol. The number of benzene rings is 2. The van der Waals surface area contributed by atoms with Crippen molar-refractivity contribution in [2.45, 2.75) is 49.3 Å². The molecule has 5 rings (SSSR count). The summed E-state index contributed by atoms with van der Waals surface area (Å²) in [6, 6.07) is 6.50. The van der Waals surface area contributed by atoms with E-state index in [1.54, 1.807) is 24.0 Å². The largest absolute Gasteiger partial charge is 0.444 e. The van der Waals surface area contributed by atoms with Crippen LogP contribution in [0.15, 0.2) is 35.2 Å². The first-order chi connectivity index (χ1) is 16.1. The summed E-state index contributed by atoms with van der Waals surface area (Å²) in [5, 5.41) is 0. The maximum absolute atomic E-state index is 15.1. The summed E-state index contributed by atoms with van der Waals surface area (Å²) in [6.07, 6.45) is 0.0604. The van der Waals surface area contributed by atoms with Crippen molar-refractivity contribution >= 4 is 27.6 Å². The van der Waals surface area contributed by atoms with E-state index in [4.69, 9.17) is 9.47 Å². The van der Waals surface area contributed by atoms with Gasteiger partial charge in [-0.05, 0) is 31.4 Å². The molecule has 0 spiro atoms. The van der Waals surface area contributed by atoms with Gasteiger partial charge < -0.3 is 14.4 Å². The second kappa shape index (κ2) is 8.47. The van der Waals surface area contributed by atoms with E-state index in [1.165, 1.54) is 6.07 Å². The Morgan fingerprint density at radius 2 is 1.74 bits per heavy atom. The van der Waals surface area contributed by atoms with Gasteiger partial charge in [0.2, 0.25) is 0 Å². The Morgan fingerprint density at radius 1 is 1.09 bits per heavy atom. The molecule has 0 saturated carbocycles. The number of anilines is 2. The molecule has 2 bridgehead atoms. The second-order valence-electron chi connectivity index (χ2n) is 8.99. The molecule has 3 aliphatic rings. The van der Waals surface area contributed by atoms with Crippen LogP contribution >= 0.6 is 0 Å². The lowest BCUT2D eigenvalue weighted by Gasteiger charge is -2.37. The molecule has 2 aromatic rings. The number of carbonyl (C=O) groups is 1. The van der Waals surface area contributed by atoms with Crippen LogP contribution in [-0.4, -0.2) is 57.0 Å². The number of morpholine rings is 1. The van der Waals surface area contributed by atoms with E-state index in [-0.39, 0.29) is 46.9 Å². The Balaban J connectivity index is 1.38. The maximum Gasteiger partial charge on any atom is 0.414 e. The highest BCUT2D eigenvalue weighted by Gasteiger charge is 2.41. The van der Waals surface area contributed by atoms with Crippen molar-refractivity contribution in [1.29, 1.82) is 0 Å². The number of aryl methyl sites for hydroxylation is 1. The third-order valence-electron chi connectivity index (χ3n) is 6.63. The van der Waals surface area contributed by atoms with Gasteiger partial charge in [-0.2, -0.15) is 8.42 Å². The van der Waals surface area contributed by atoms with Crippen LogP contribution < -0.4 is 9.80 Å². The highest BCUT2D eigenvalue weighted by Crippen LogP contribution is 2.39. The van der Waals surface area contributed by atoms with Crippen molar-refractivity contribution in [3.05, 3.63) is 53.1 Å². The summed E-state index contributed by atoms with van der Waals surface area (Å²) in [5.74, 6) is -1.53. The van der Waals surface area contributed by atoms with Crippen LogP contribution in [-0.2, 0) is 26.0 Å². The molecule has 182 valence electrons. The molecule has 8 nitrogen and oxygen atoms in total. The topological polar surface area (TPSA) is 96.4 Å². The molecular formula is C23H24F2N2O6S. The molecule has 3 atom stereocenters. The van der Waals surface area contributed by atoms with Gasteiger partial charge in [0.25, 0.3) is 10.1 Å². The molecule has 0 radical (unpaired) electrons. The lowest BCUT2D eigenvalue weighted by molar-refractivity contribution is 0.0898. The molecule has 11 heteroatoms. The van der Waals surface area contributed by atoms with Crippen LogP contribution in [0.4, 0.5) is 25.0 Å². The van der Waals surface area contributed by atoms with Crippen LogP contribution in [0, 0.1) is 18.6 Å². The number of rotatable bonds is 5. The van der Waals surface area contributed by atoms with Gasteiger partial charge in [-0.15, -0.1) is 0 Å². The summed E-state index contributed by atoms with van der Waals surface area (Å²) in [7, 11) is -4.47. The fourth-order valence-electron chi connectivity index (χ4n) is 5.15. The Labute approximate surface area is 195 Å². The van der Waals surface area contributed by atoms with E-state index < -0.39 is 33.9 Å². The zero-order valence-electron chi connectivity index (χ0n) is 18.4. The lowest BCUT2D eigenvalue weighted by atomic mass is 10.1. The van der Waals surface area contributed by atoms with Gasteiger partial charge in [0, 0.05) is 18.6 Å². The van der Waals surface area contributed by atoms with Crippen molar-refractivity contribution in [2.75, 3.05) is 29.6 Å². The number of hydrogen-bond acceptors (Lipinski definition) is 6. The minimum Gasteiger partial charge on any atom is -0.444 e. The molecule has 2 aromatic carbocycles. The fourth-order valence-corrected chi connectivity index (χ4v) is 5.87. The molecule has 0 aliphatic carbocycles. The van der Waals surface area contributed by atoms with E-state index in [2.05, 4.69) is 0 Å². The number of nitrogens with zero attached hydrogens (tertiary/aromatic N) is 2. The van der Waals surface area contributed by atoms with Gasteiger partial charge in [-0.3, -0.25) is 9.45 Å². The zero-order chi connectivity index (χ0) is 24.2. The van der Waals surface area contributed by atoms with Gasteiger partial charge in [-0.1, -0.05) is 17.7 Å². The van der Waals surface area contributed by atoms with Crippen LogP contribution in [0.25, 0.3) is 0 Å². The standard InChI is InChI=1S/C23H24F2N2O6S/c1-13-2-5-21(34(29,30)31)14(6-13)7-18-10-26(23(28)33-18)17-8-19(24)22(20(25)9-17)27-15-3-4-16(27)12-32-11-15/h2,5-6,8-9,15-16,18H,3-4,7,10-12H2,1H3,(H,29,30,31)/t15?,16?,18-/m1/s1. The van der Waals surface area contributed by atoms with Gasteiger partial charge in [0.15, 0.2) is 11.6 Å². The number of amides is 1. The number of cyclic esters (lactones) is 1. The molecule has 34 heavy (non-hydrogen) atoms. The smallest absolute Gasteiger partial charge is 0.414 e. The molecule has 3 fully saturated rings. The minimum atomic E-state index is -4.47. The molecule has 3 aliphatic heterocycles. The Morgan fingerprint density at radius 3 is 2.35 bits per heavy atom. The Bertz CT molecular complexity index is 1220. The monoisotopic (exact) mass is 494 g/mol. The van der Waals surface area contributed by atoms with Crippen LogP contribution in [0.2, 0.25) is 0 Å². The molecule has 3 saturated heterocycles. The first-order valence-corrected chi connectivity index (χ1v) is 12.5. The second-order valence-corrected chi connectivity index (χ2v) is 10.4. The van der Waals surface area contributed by atoms with Crippen LogP contribution in [0.3, 0.4) is 0 Å². The van der Waals surface area contributed by atoms with Crippen LogP contribution in [0.5, 0.6) is 0 Å². The van der Waals surface area contributed by atoms with Crippen molar-refractivity contribution < 1.29 is 36.0 Å². The van der Waals surface area contributed by atoms with Gasteiger partial charge >= 0.3 is 6.09 Å². The molecule has 0 aromatic heterocycles. The summed E-state index contributed by atoms with van der Waals surface area (Å²) in [5.41, 5.74) is 0.963. The number of halogens is 2. The van der Waals surface area contributed by atoms with Crippen molar-refractivity contribution in [1.82, 2.24) is 0 Å². The van der Waals surface area contributed by atoms with E-state index in [1.807, 2.05) is 0 Å². The van der Waals surface area contributed by atoms with E-state index in [9.17, 15) is 17.8 Å². The van der Waals surface area contributed by atoms with E-state index in [0.717, 1.165) is 35.4 Å². The summed E-state index contributed by atoms with van der Waals surface area (Å²) < 4.78 is 74.0. The number of hydrogen-bond donors (Lipinski definition) is 1. The number of carbonyl (C=O) groups excluding carboxylic acids is 1. The summed E-state index contributed by atoms with van der Waals surface area (Å²) in [4.78, 5) is 15.1. The average Bonchev–Trinajstić information content (AvgIpc) is 3.21. The van der Waals surface area contributed by atoms with Gasteiger partial charge in [-0.25, -0.2) is 13.6 Å². The zero-order valence-corrected chi connectivity index (χ0v) is 19.2. The predicted molar refractivity (Wildman–Crippen MR) is 119 cm³/mol. The van der Waals surface area contributed by atoms with E-state index >= 15 is 8.78 Å². The highest BCUT2D eigenvalue weighted by molar-refractivity contribution is 7.85. The maximum atomic E-state index is 15.1. The first kappa shape index (κ1) is 23.0. The molecule has 2 unspecified atom stereocenters. The van der Waals surface area contributed by atoms with Crippen LogP contribution in [0.1, 0.15) is 24.0 Å². The Kier molecular flexibility index (Phi) is 5.73. The quantitative estimate of drug-likeness (QED) is 0.636. The van der Waals surface area contributed by atoms with E-state index in [0.29, 0.717) is 13.2 Å². The van der Waals surface area contributed by atoms with Gasteiger partial charge in [0.05, 0.1) is 42.4 Å². The Hall–Kier alpha value is -2.76. The molecule has 1 N–H and O–H groups in total. The minimum absolute atomic E-state index is 0.0131. The highest BCUT2D eigenvalue weighted by atomic mass is 32.2. The number of fused-ring (bicyclic) bond motifs is 2. The number of ether oxygens (including phenoxy) is 2. The molecule has 1 amide bonds. The summed E-state index contributed by atoms with van der Waals surface area (Å²) in [6.45, 7) is 2.57. The normalized spacial score (nSPS) is 24.6. The van der Waals surface area contributed by atoms with Crippen molar-refractivity contribution in [3.8, 4) is 0 Å². The average molecular weight is 495 g/mol. The first-order valence-electron chi connectivity index (χ1n) is 11.0. The third-order valence-corrected chi connectivity index (χ3v) is 7.58. The SMILES string of the molecule is Cc1ccc(S(=O)(=O)O)c(C[C@@H]2CN(c3cc(F)c(N4C5CCC4COC5)c(F)c3)C(=O)O2)c1. The van der Waals surface area contributed by atoms with Crippen molar-refractivity contribution in [2.24, 2.45) is 0 Å². The fraction of sp³-hybridized carbons (Fsp3) is 0.435. The van der Waals surface area contributed by atoms with Crippen molar-refractivity contribution in [3.63, 3.8) is 0 Å². The molecule has 3 heterocycles. The lowest BCUT2D eigenvalue weighted by Crippen LogP contribution is -2.46. The third kappa shape index (κ3) is 4.12. The summed E-state index contributed by atoms with van der Waals surface area (Å²) >= 11 is 0. The van der Waals surface area contributed by atoms with Gasteiger partial charge in [0.1, 0.15) is 11.8 Å².